The summed E-state index contributed by atoms with van der Waals surface area (Å²) in [5.41, 5.74) is 7.46. The molecule has 0 bridgehead atoms. The molecular formula is C11H12Cl2N2O2. The largest absolute Gasteiger partial charge is 0.397 e. The average Bonchev–Trinajstić information content (AvgIpc) is 2.61. The second-order valence-electron chi connectivity index (χ2n) is 3.83. The summed E-state index contributed by atoms with van der Waals surface area (Å²) in [5.74, 6) is -0.120. The molecule has 4 nitrogen and oxygen atoms in total. The van der Waals surface area contributed by atoms with Gasteiger partial charge in [-0.25, -0.2) is 0 Å². The summed E-state index contributed by atoms with van der Waals surface area (Å²) < 4.78 is 4.95. The van der Waals surface area contributed by atoms with E-state index in [4.69, 9.17) is 33.7 Å². The molecule has 6 heteroatoms. The van der Waals surface area contributed by atoms with Crippen LogP contribution in [0.15, 0.2) is 6.07 Å². The summed E-state index contributed by atoms with van der Waals surface area (Å²) in [6, 6.07) is 1.51. The number of halogens is 2. The van der Waals surface area contributed by atoms with Crippen molar-refractivity contribution < 1.29 is 9.53 Å². The molecule has 1 aromatic rings. The first-order chi connectivity index (χ1) is 8.06. The number of nitrogen functional groups attached to an aromatic ring is 1. The maximum absolute atomic E-state index is 12.1. The van der Waals surface area contributed by atoms with Gasteiger partial charge in [-0.3, -0.25) is 4.79 Å². The molecule has 0 aromatic heterocycles. The number of hydrogen-bond donors (Lipinski definition) is 1. The van der Waals surface area contributed by atoms with Gasteiger partial charge in [0.25, 0.3) is 5.91 Å². The zero-order valence-electron chi connectivity index (χ0n) is 9.30. The lowest BCUT2D eigenvalue weighted by Gasteiger charge is -2.14. The highest BCUT2D eigenvalue weighted by molar-refractivity contribution is 6.38. The van der Waals surface area contributed by atoms with Crippen molar-refractivity contribution in [3.8, 4) is 0 Å². The Morgan fingerprint density at radius 3 is 2.82 bits per heavy atom. The molecule has 2 rings (SSSR count). The number of nitrogens with two attached hydrogens (primary N) is 1. The molecule has 1 aliphatic rings. The van der Waals surface area contributed by atoms with Crippen molar-refractivity contribution >= 4 is 34.8 Å². The first-order valence-electron chi connectivity index (χ1n) is 5.10. The van der Waals surface area contributed by atoms with E-state index in [1.165, 1.54) is 6.07 Å². The zero-order chi connectivity index (χ0) is 12.6. The van der Waals surface area contributed by atoms with Gasteiger partial charge in [-0.15, -0.1) is 0 Å². The van der Waals surface area contributed by atoms with Crippen LogP contribution in [0.1, 0.15) is 15.9 Å². The third kappa shape index (κ3) is 2.08. The van der Waals surface area contributed by atoms with Gasteiger partial charge in [-0.2, -0.15) is 0 Å². The fourth-order valence-electron chi connectivity index (χ4n) is 1.88. The molecule has 92 valence electrons. The van der Waals surface area contributed by atoms with Crippen LogP contribution < -0.4 is 5.73 Å². The molecule has 0 radical (unpaired) electrons. The maximum Gasteiger partial charge on any atom is 0.256 e. The number of anilines is 1. The van der Waals surface area contributed by atoms with Crippen molar-refractivity contribution in [3.05, 3.63) is 27.2 Å². The first kappa shape index (κ1) is 12.5. The summed E-state index contributed by atoms with van der Waals surface area (Å²) in [5, 5.41) is 0.735. The quantitative estimate of drug-likeness (QED) is 0.860. The van der Waals surface area contributed by atoms with Crippen molar-refractivity contribution in [3.63, 3.8) is 0 Å². The standard InChI is InChI=1S/C11H12Cl2N2O2/c1-17-3-2-15-5-6-9(11(15)16)7(12)4-8(13)10(6)14/h4H,2-3,5,14H2,1H3. The van der Waals surface area contributed by atoms with Crippen molar-refractivity contribution in [2.45, 2.75) is 6.54 Å². The molecule has 1 heterocycles. The lowest BCUT2D eigenvalue weighted by atomic mass is 10.1. The van der Waals surface area contributed by atoms with Gasteiger partial charge in [0.05, 0.1) is 27.9 Å². The SMILES string of the molecule is COCCN1Cc2c(N)c(Cl)cc(Cl)c2C1=O. The Balaban J connectivity index is 2.37. The minimum absolute atomic E-state index is 0.120. The molecule has 2 N–H and O–H groups in total. The van der Waals surface area contributed by atoms with E-state index in [0.717, 1.165) is 0 Å². The summed E-state index contributed by atoms with van der Waals surface area (Å²) in [7, 11) is 1.59. The lowest BCUT2D eigenvalue weighted by Crippen LogP contribution is -2.27. The van der Waals surface area contributed by atoms with Gasteiger partial charge >= 0.3 is 0 Å². The highest BCUT2D eigenvalue weighted by atomic mass is 35.5. The van der Waals surface area contributed by atoms with Crippen LogP contribution in [0.5, 0.6) is 0 Å². The van der Waals surface area contributed by atoms with Gasteiger partial charge in [-0.1, -0.05) is 23.2 Å². The van der Waals surface area contributed by atoms with E-state index in [1.807, 2.05) is 0 Å². The molecule has 17 heavy (non-hydrogen) atoms. The molecule has 0 atom stereocenters. The monoisotopic (exact) mass is 274 g/mol. The summed E-state index contributed by atoms with van der Waals surface area (Å²) in [6.07, 6.45) is 0. The normalized spacial score (nSPS) is 14.3. The summed E-state index contributed by atoms with van der Waals surface area (Å²) in [6.45, 7) is 1.42. The predicted octanol–water partition coefficient (Wildman–Crippen LogP) is 2.18. The third-order valence-electron chi connectivity index (χ3n) is 2.79. The van der Waals surface area contributed by atoms with Gasteiger partial charge in [0.15, 0.2) is 0 Å². The molecule has 0 saturated carbocycles. The zero-order valence-corrected chi connectivity index (χ0v) is 10.8. The number of carbonyl (C=O) groups excluding carboxylic acids is 1. The Morgan fingerprint density at radius 2 is 2.18 bits per heavy atom. The third-order valence-corrected chi connectivity index (χ3v) is 3.40. The van der Waals surface area contributed by atoms with Gasteiger partial charge < -0.3 is 15.4 Å². The molecule has 0 spiro atoms. The van der Waals surface area contributed by atoms with Crippen LogP contribution >= 0.6 is 23.2 Å². The summed E-state index contributed by atoms with van der Waals surface area (Å²) >= 11 is 12.0. The molecule has 1 aliphatic heterocycles. The van der Waals surface area contributed by atoms with Gasteiger partial charge in [0, 0.05) is 25.8 Å². The van der Waals surface area contributed by atoms with E-state index in [2.05, 4.69) is 0 Å². The average molecular weight is 275 g/mol. The highest BCUT2D eigenvalue weighted by Crippen LogP contribution is 2.37. The molecule has 0 aliphatic carbocycles. The topological polar surface area (TPSA) is 55.6 Å². The Bertz CT molecular complexity index is 477. The second kappa shape index (κ2) is 4.72. The van der Waals surface area contributed by atoms with Crippen LogP contribution in [-0.4, -0.2) is 31.1 Å². The van der Waals surface area contributed by atoms with E-state index in [1.54, 1.807) is 12.0 Å². The lowest BCUT2D eigenvalue weighted by molar-refractivity contribution is 0.0719. The van der Waals surface area contributed by atoms with Crippen molar-refractivity contribution in [2.24, 2.45) is 0 Å². The minimum atomic E-state index is -0.120. The Labute approximate surface area is 109 Å². The highest BCUT2D eigenvalue weighted by Gasteiger charge is 2.32. The molecule has 0 fully saturated rings. The van der Waals surface area contributed by atoms with Crippen LogP contribution in [0.4, 0.5) is 5.69 Å². The molecule has 0 saturated heterocycles. The van der Waals surface area contributed by atoms with Crippen LogP contribution in [0.3, 0.4) is 0 Å². The van der Waals surface area contributed by atoms with E-state index < -0.39 is 0 Å². The fourth-order valence-corrected chi connectivity index (χ4v) is 2.47. The maximum atomic E-state index is 12.1. The van der Waals surface area contributed by atoms with Gasteiger partial charge in [-0.05, 0) is 6.07 Å². The van der Waals surface area contributed by atoms with Crippen LogP contribution in [0.25, 0.3) is 0 Å². The van der Waals surface area contributed by atoms with Crippen LogP contribution in [0.2, 0.25) is 10.0 Å². The van der Waals surface area contributed by atoms with Crippen molar-refractivity contribution in [2.75, 3.05) is 26.0 Å². The number of benzene rings is 1. The molecule has 1 aromatic carbocycles. The second-order valence-corrected chi connectivity index (χ2v) is 4.64. The number of amides is 1. The Kier molecular flexibility index (Phi) is 3.47. The van der Waals surface area contributed by atoms with Crippen LogP contribution in [-0.2, 0) is 11.3 Å². The first-order valence-corrected chi connectivity index (χ1v) is 5.86. The number of nitrogens with zero attached hydrogens (tertiary/aromatic N) is 1. The molecule has 0 unspecified atom stereocenters. The van der Waals surface area contributed by atoms with E-state index in [0.29, 0.717) is 46.6 Å². The van der Waals surface area contributed by atoms with E-state index in [9.17, 15) is 4.79 Å². The number of carbonyl (C=O) groups is 1. The summed E-state index contributed by atoms with van der Waals surface area (Å²) in [4.78, 5) is 13.7. The number of methoxy groups -OCH3 is 1. The Hall–Kier alpha value is -0.970. The predicted molar refractivity (Wildman–Crippen MR) is 67.5 cm³/mol. The minimum Gasteiger partial charge on any atom is -0.397 e. The molecule has 1 amide bonds. The number of fused-ring (bicyclic) bond motifs is 1. The van der Waals surface area contributed by atoms with Crippen LogP contribution in [0, 0.1) is 0 Å². The van der Waals surface area contributed by atoms with Crippen molar-refractivity contribution in [1.29, 1.82) is 0 Å². The fraction of sp³-hybridized carbons (Fsp3) is 0.364. The van der Waals surface area contributed by atoms with Gasteiger partial charge in [0.1, 0.15) is 0 Å². The van der Waals surface area contributed by atoms with E-state index >= 15 is 0 Å². The van der Waals surface area contributed by atoms with Crippen molar-refractivity contribution in [1.82, 2.24) is 4.90 Å². The number of rotatable bonds is 3. The smallest absolute Gasteiger partial charge is 0.256 e. The Morgan fingerprint density at radius 1 is 1.47 bits per heavy atom. The molecular weight excluding hydrogens is 263 g/mol. The van der Waals surface area contributed by atoms with Gasteiger partial charge in [0.2, 0.25) is 0 Å². The number of ether oxygens (including phenoxy) is 1. The van der Waals surface area contributed by atoms with E-state index in [-0.39, 0.29) is 5.91 Å². The number of hydrogen-bond acceptors (Lipinski definition) is 3.